The number of nitrogens with zero attached hydrogens (tertiary/aromatic N) is 6. The van der Waals surface area contributed by atoms with Gasteiger partial charge in [0.25, 0.3) is 5.91 Å². The van der Waals surface area contributed by atoms with Gasteiger partial charge in [-0.15, -0.1) is 0 Å². The maximum atomic E-state index is 12.6. The Morgan fingerprint density at radius 1 is 1.27 bits per heavy atom. The van der Waals surface area contributed by atoms with E-state index in [1.807, 2.05) is 54.6 Å². The van der Waals surface area contributed by atoms with E-state index in [1.165, 1.54) is 12.8 Å². The summed E-state index contributed by atoms with van der Waals surface area (Å²) in [5.41, 5.74) is 3.58. The first-order chi connectivity index (χ1) is 18.1. The molecule has 1 fully saturated rings. The van der Waals surface area contributed by atoms with E-state index in [4.69, 9.17) is 5.10 Å². The van der Waals surface area contributed by atoms with E-state index in [9.17, 15) is 10.1 Å². The molecule has 9 heteroatoms. The Hall–Kier alpha value is -4.45. The van der Waals surface area contributed by atoms with Gasteiger partial charge in [-0.25, -0.2) is 9.97 Å². The maximum Gasteiger partial charge on any atom is 0.270 e. The highest BCUT2D eigenvalue weighted by Crippen LogP contribution is 2.35. The lowest BCUT2D eigenvalue weighted by molar-refractivity contribution is 0.0931. The highest BCUT2D eigenvalue weighted by molar-refractivity contribution is 5.93. The third-order valence-corrected chi connectivity index (χ3v) is 7.50. The summed E-state index contributed by atoms with van der Waals surface area (Å²) in [4.78, 5) is 26.6. The Kier molecular flexibility index (Phi) is 5.72. The molecule has 0 saturated heterocycles. The predicted molar refractivity (Wildman–Crippen MR) is 141 cm³/mol. The minimum Gasteiger partial charge on any atom is -0.348 e. The van der Waals surface area contributed by atoms with E-state index in [0.29, 0.717) is 31.0 Å². The molecule has 0 spiro atoms. The molecule has 186 valence electrons. The van der Waals surface area contributed by atoms with Crippen molar-refractivity contribution in [3.63, 3.8) is 0 Å². The molecule has 0 aromatic carbocycles. The molecule has 1 aliphatic heterocycles. The maximum absolute atomic E-state index is 12.6. The standard InChI is InChI=1S/C28H28N8O/c1-19(20-3-4-20)34-27(37)25-6-5-22(16-32-25)35-14-2-9-28(18-35,10-11-29)36-17-21(15-33-36)23-7-12-30-26-24(23)8-13-31-26/h2,5-8,12-17,19-20H,3-4,9-10,18H2,1H3,(H,30,31)(H,34,37)/t19-,28?/m0/s1. The third kappa shape index (κ3) is 4.35. The molecule has 1 amide bonds. The fraction of sp³-hybridized carbons (Fsp3) is 0.321. The molecule has 0 radical (unpaired) electrons. The van der Waals surface area contributed by atoms with Crippen LogP contribution in [0.3, 0.4) is 0 Å². The molecule has 1 aliphatic carbocycles. The van der Waals surface area contributed by atoms with Crippen molar-refractivity contribution < 1.29 is 4.79 Å². The molecule has 9 nitrogen and oxygen atoms in total. The van der Waals surface area contributed by atoms with E-state index in [1.54, 1.807) is 18.5 Å². The zero-order chi connectivity index (χ0) is 25.4. The van der Waals surface area contributed by atoms with Crippen molar-refractivity contribution in [2.75, 3.05) is 11.4 Å². The number of hydrogen-bond donors (Lipinski definition) is 2. The Labute approximate surface area is 214 Å². The molecular formula is C28H28N8O. The zero-order valence-electron chi connectivity index (χ0n) is 20.6. The van der Waals surface area contributed by atoms with Gasteiger partial charge in [-0.2, -0.15) is 10.4 Å². The van der Waals surface area contributed by atoms with Crippen molar-refractivity contribution in [3.05, 3.63) is 73.2 Å². The van der Waals surface area contributed by atoms with Gasteiger partial charge >= 0.3 is 0 Å². The summed E-state index contributed by atoms with van der Waals surface area (Å²) in [5, 5.41) is 18.5. The molecule has 5 heterocycles. The van der Waals surface area contributed by atoms with Gasteiger partial charge in [0.05, 0.1) is 36.1 Å². The van der Waals surface area contributed by atoms with Gasteiger partial charge < -0.3 is 15.2 Å². The number of allylic oxidation sites excluding steroid dienone is 1. The summed E-state index contributed by atoms with van der Waals surface area (Å²) in [6, 6.07) is 10.2. The number of carbonyl (C=O) groups excluding carboxylic acids is 1. The number of hydrogen-bond acceptors (Lipinski definition) is 6. The first kappa shape index (κ1) is 23.0. The summed E-state index contributed by atoms with van der Waals surface area (Å²) in [5.74, 6) is 0.445. The number of aromatic amines is 1. The van der Waals surface area contributed by atoms with Crippen LogP contribution in [0.4, 0.5) is 5.69 Å². The number of fused-ring (bicyclic) bond motifs is 1. The molecule has 0 bridgehead atoms. The summed E-state index contributed by atoms with van der Waals surface area (Å²) >= 11 is 0. The van der Waals surface area contributed by atoms with Crippen molar-refractivity contribution in [2.45, 2.75) is 44.2 Å². The number of aromatic nitrogens is 5. The zero-order valence-corrected chi connectivity index (χ0v) is 20.6. The Balaban J connectivity index is 1.24. The van der Waals surface area contributed by atoms with Crippen molar-refractivity contribution in [1.29, 1.82) is 5.26 Å². The second-order valence-corrected chi connectivity index (χ2v) is 10.0. The summed E-state index contributed by atoms with van der Waals surface area (Å²) in [7, 11) is 0. The summed E-state index contributed by atoms with van der Waals surface area (Å²) in [6.45, 7) is 2.60. The van der Waals surface area contributed by atoms with Crippen molar-refractivity contribution in [1.82, 2.24) is 30.0 Å². The number of nitrogens with one attached hydrogen (secondary N) is 2. The van der Waals surface area contributed by atoms with E-state index >= 15 is 0 Å². The number of rotatable bonds is 7. The van der Waals surface area contributed by atoms with Gasteiger partial charge in [-0.3, -0.25) is 9.48 Å². The Morgan fingerprint density at radius 2 is 2.16 bits per heavy atom. The molecule has 2 atom stereocenters. The first-order valence-corrected chi connectivity index (χ1v) is 12.6. The van der Waals surface area contributed by atoms with E-state index in [0.717, 1.165) is 27.8 Å². The lowest BCUT2D eigenvalue weighted by atomic mass is 9.88. The second kappa shape index (κ2) is 9.21. The van der Waals surface area contributed by atoms with Crippen LogP contribution in [0.25, 0.3) is 22.2 Å². The summed E-state index contributed by atoms with van der Waals surface area (Å²) < 4.78 is 1.93. The van der Waals surface area contributed by atoms with Crippen LogP contribution in [-0.4, -0.2) is 43.2 Å². The van der Waals surface area contributed by atoms with Crippen LogP contribution in [0.15, 0.2) is 67.5 Å². The van der Waals surface area contributed by atoms with Gasteiger partial charge in [0, 0.05) is 48.3 Å². The highest BCUT2D eigenvalue weighted by Gasteiger charge is 2.37. The normalized spacial score (nSPS) is 20.1. The van der Waals surface area contributed by atoms with Crippen LogP contribution >= 0.6 is 0 Å². The van der Waals surface area contributed by atoms with Crippen LogP contribution in [0.1, 0.15) is 43.1 Å². The smallest absolute Gasteiger partial charge is 0.270 e. The van der Waals surface area contributed by atoms with Crippen molar-refractivity contribution in [3.8, 4) is 17.2 Å². The topological polar surface area (TPSA) is 116 Å². The van der Waals surface area contributed by atoms with Gasteiger partial charge in [0.2, 0.25) is 0 Å². The molecule has 6 rings (SSSR count). The molecule has 37 heavy (non-hydrogen) atoms. The van der Waals surface area contributed by atoms with Crippen LogP contribution in [0, 0.1) is 17.2 Å². The minimum absolute atomic E-state index is 0.143. The average Bonchev–Trinajstić information content (AvgIpc) is 3.45. The Morgan fingerprint density at radius 3 is 2.95 bits per heavy atom. The fourth-order valence-corrected chi connectivity index (χ4v) is 5.15. The second-order valence-electron chi connectivity index (χ2n) is 10.0. The molecule has 2 N–H and O–H groups in total. The van der Waals surface area contributed by atoms with Crippen LogP contribution < -0.4 is 10.2 Å². The number of carbonyl (C=O) groups is 1. The lowest BCUT2D eigenvalue weighted by Crippen LogP contribution is -2.46. The minimum atomic E-state index is -0.540. The molecule has 1 unspecified atom stereocenters. The van der Waals surface area contributed by atoms with E-state index in [2.05, 4.69) is 37.3 Å². The predicted octanol–water partition coefficient (Wildman–Crippen LogP) is 4.38. The van der Waals surface area contributed by atoms with Crippen LogP contribution in [0.2, 0.25) is 0 Å². The van der Waals surface area contributed by atoms with Crippen molar-refractivity contribution >= 4 is 22.6 Å². The summed E-state index contributed by atoms with van der Waals surface area (Å²) in [6.07, 6.45) is 16.7. The van der Waals surface area contributed by atoms with Gasteiger partial charge in [0.1, 0.15) is 11.3 Å². The largest absolute Gasteiger partial charge is 0.348 e. The number of nitriles is 1. The SMILES string of the molecule is C[C@H](NC(=O)c1ccc(N2C=CCC(CC#N)(n3cc(-c4ccnc5[nH]ccc45)cn3)C2)cn1)C1CC1. The highest BCUT2D eigenvalue weighted by atomic mass is 16.1. The van der Waals surface area contributed by atoms with Crippen molar-refractivity contribution in [2.24, 2.45) is 5.92 Å². The number of H-pyrrole nitrogens is 1. The quantitative estimate of drug-likeness (QED) is 0.396. The molecular weight excluding hydrogens is 464 g/mol. The number of pyridine rings is 2. The van der Waals surface area contributed by atoms with Crippen LogP contribution in [-0.2, 0) is 5.54 Å². The average molecular weight is 493 g/mol. The van der Waals surface area contributed by atoms with Gasteiger partial charge in [-0.1, -0.05) is 6.08 Å². The molecule has 2 aliphatic rings. The fourth-order valence-electron chi connectivity index (χ4n) is 5.15. The number of anilines is 1. The van der Waals surface area contributed by atoms with Gasteiger partial charge in [-0.05, 0) is 61.9 Å². The van der Waals surface area contributed by atoms with E-state index < -0.39 is 5.54 Å². The molecule has 4 aromatic heterocycles. The first-order valence-electron chi connectivity index (χ1n) is 12.6. The van der Waals surface area contributed by atoms with E-state index in [-0.39, 0.29) is 11.9 Å². The van der Waals surface area contributed by atoms with Crippen LogP contribution in [0.5, 0.6) is 0 Å². The molecule has 4 aromatic rings. The number of amides is 1. The lowest BCUT2D eigenvalue weighted by Gasteiger charge is -2.39. The Bertz CT molecular complexity index is 1510. The van der Waals surface area contributed by atoms with Gasteiger partial charge in [0.15, 0.2) is 0 Å². The monoisotopic (exact) mass is 492 g/mol. The molecule has 1 saturated carbocycles. The third-order valence-electron chi connectivity index (χ3n) is 7.50.